The quantitative estimate of drug-likeness (QED) is 0.338. The zero-order valence-corrected chi connectivity index (χ0v) is 18.5. The molecule has 5 rings (SSSR count). The zero-order chi connectivity index (χ0) is 21.5. The van der Waals surface area contributed by atoms with Crippen LogP contribution in [-0.4, -0.2) is 58.5 Å². The van der Waals surface area contributed by atoms with Crippen LogP contribution in [0.15, 0.2) is 23.4 Å². The Morgan fingerprint density at radius 1 is 1.35 bits per heavy atom. The summed E-state index contributed by atoms with van der Waals surface area (Å²) >= 11 is 1.54. The van der Waals surface area contributed by atoms with Crippen molar-refractivity contribution in [3.8, 4) is 17.1 Å². The van der Waals surface area contributed by atoms with Crippen molar-refractivity contribution in [2.24, 2.45) is 11.0 Å². The van der Waals surface area contributed by atoms with Crippen LogP contribution in [0.2, 0.25) is 0 Å². The number of nitrogens with zero attached hydrogens (tertiary/aromatic N) is 8. The van der Waals surface area contributed by atoms with Crippen molar-refractivity contribution in [1.29, 1.82) is 0 Å². The van der Waals surface area contributed by atoms with Gasteiger partial charge in [-0.2, -0.15) is 0 Å². The van der Waals surface area contributed by atoms with Crippen molar-refractivity contribution in [2.45, 2.75) is 38.3 Å². The lowest BCUT2D eigenvalue weighted by atomic mass is 9.92. The Bertz CT molecular complexity index is 1150. The number of hydrogen-bond acceptors (Lipinski definition) is 8. The predicted octanol–water partition coefficient (Wildman–Crippen LogP) is 3.89. The minimum absolute atomic E-state index is 0.0248. The molecule has 0 spiro atoms. The molecule has 31 heavy (non-hydrogen) atoms. The summed E-state index contributed by atoms with van der Waals surface area (Å²) in [5.74, 6) is 1.07. The summed E-state index contributed by atoms with van der Waals surface area (Å²) in [5.41, 5.74) is 11.6. The lowest BCUT2D eigenvalue weighted by Crippen LogP contribution is -2.37. The Labute approximate surface area is 183 Å². The Morgan fingerprint density at radius 3 is 3.00 bits per heavy atom. The summed E-state index contributed by atoms with van der Waals surface area (Å²) in [4.78, 5) is 15.3. The van der Waals surface area contributed by atoms with Crippen LogP contribution in [0, 0.1) is 5.92 Å². The van der Waals surface area contributed by atoms with E-state index in [1.807, 2.05) is 22.8 Å². The van der Waals surface area contributed by atoms with E-state index in [9.17, 15) is 0 Å². The fraction of sp³-hybridized carbons (Fsp3) is 0.550. The fourth-order valence-electron chi connectivity index (χ4n) is 4.39. The first-order valence-electron chi connectivity index (χ1n) is 10.4. The summed E-state index contributed by atoms with van der Waals surface area (Å²) < 4.78 is 13.4. The standard InChI is InChI=1S/C20H24N8O2S/c1-11(2)14-5-4-12(18(23-14)29-3)16-8-22-19-28(16)25-20(31-19)27-9-13-15(24-26-21)6-7-30-17(13)10-27/h4-5,8,11,13,15,17H,6-7,9-10H2,1-3H3/t13-,15+,17+/m0/s1. The number of imidazole rings is 1. The molecule has 162 valence electrons. The summed E-state index contributed by atoms with van der Waals surface area (Å²) in [5, 5.41) is 9.73. The van der Waals surface area contributed by atoms with Crippen LogP contribution in [-0.2, 0) is 4.74 Å². The van der Waals surface area contributed by atoms with Crippen molar-refractivity contribution >= 4 is 21.4 Å². The van der Waals surface area contributed by atoms with Crippen LogP contribution in [0.1, 0.15) is 31.9 Å². The molecule has 3 aromatic heterocycles. The molecule has 2 saturated heterocycles. The van der Waals surface area contributed by atoms with Crippen molar-refractivity contribution in [1.82, 2.24) is 19.6 Å². The molecule has 0 aliphatic carbocycles. The van der Waals surface area contributed by atoms with Gasteiger partial charge in [-0.05, 0) is 30.0 Å². The van der Waals surface area contributed by atoms with E-state index in [4.69, 9.17) is 20.1 Å². The smallest absolute Gasteiger partial charge is 0.222 e. The second-order valence-electron chi connectivity index (χ2n) is 8.21. The highest BCUT2D eigenvalue weighted by Crippen LogP contribution is 2.37. The first-order valence-corrected chi connectivity index (χ1v) is 11.2. The maximum Gasteiger partial charge on any atom is 0.222 e. The highest BCUT2D eigenvalue weighted by Gasteiger charge is 2.42. The van der Waals surface area contributed by atoms with Crippen LogP contribution in [0.25, 0.3) is 26.7 Å². The Kier molecular flexibility index (Phi) is 5.17. The number of hydrogen-bond donors (Lipinski definition) is 0. The van der Waals surface area contributed by atoms with E-state index in [1.54, 1.807) is 7.11 Å². The number of aromatic nitrogens is 4. The summed E-state index contributed by atoms with van der Waals surface area (Å²) in [6.45, 7) is 6.34. The van der Waals surface area contributed by atoms with E-state index in [1.165, 1.54) is 11.3 Å². The molecule has 2 aliphatic heterocycles. The lowest BCUT2D eigenvalue weighted by molar-refractivity contribution is -0.00894. The van der Waals surface area contributed by atoms with Crippen LogP contribution in [0.3, 0.4) is 0 Å². The number of azide groups is 1. The molecule has 0 saturated carbocycles. The number of pyridine rings is 1. The lowest BCUT2D eigenvalue weighted by Gasteiger charge is -2.29. The van der Waals surface area contributed by atoms with E-state index >= 15 is 0 Å². The molecule has 2 aliphatic rings. The number of methoxy groups -OCH3 is 1. The van der Waals surface area contributed by atoms with E-state index in [0.717, 1.165) is 46.6 Å². The molecular weight excluding hydrogens is 416 g/mol. The molecule has 3 atom stereocenters. The van der Waals surface area contributed by atoms with Crippen LogP contribution >= 0.6 is 11.3 Å². The molecule has 0 radical (unpaired) electrons. The van der Waals surface area contributed by atoms with Gasteiger partial charge in [0.15, 0.2) is 0 Å². The van der Waals surface area contributed by atoms with Gasteiger partial charge in [-0.15, -0.1) is 5.10 Å². The van der Waals surface area contributed by atoms with Crippen LogP contribution in [0.4, 0.5) is 5.13 Å². The summed E-state index contributed by atoms with van der Waals surface area (Å²) in [7, 11) is 1.63. The maximum absolute atomic E-state index is 8.88. The first kappa shape index (κ1) is 20.0. The second-order valence-corrected chi connectivity index (χ2v) is 9.14. The maximum atomic E-state index is 8.88. The van der Waals surface area contributed by atoms with Gasteiger partial charge in [0.1, 0.15) is 0 Å². The van der Waals surface area contributed by atoms with E-state index in [2.05, 4.69) is 38.7 Å². The average Bonchev–Trinajstić information content (AvgIpc) is 3.47. The molecule has 2 fully saturated rings. The van der Waals surface area contributed by atoms with E-state index < -0.39 is 0 Å². The molecule has 0 aromatic carbocycles. The van der Waals surface area contributed by atoms with E-state index in [0.29, 0.717) is 18.4 Å². The van der Waals surface area contributed by atoms with Crippen molar-refractivity contribution in [3.63, 3.8) is 0 Å². The van der Waals surface area contributed by atoms with Crippen molar-refractivity contribution < 1.29 is 9.47 Å². The predicted molar refractivity (Wildman–Crippen MR) is 118 cm³/mol. The Hall–Kier alpha value is -2.88. The molecule has 0 amide bonds. The van der Waals surface area contributed by atoms with Gasteiger partial charge in [0, 0.05) is 42.3 Å². The van der Waals surface area contributed by atoms with Gasteiger partial charge in [-0.25, -0.2) is 14.5 Å². The van der Waals surface area contributed by atoms with Crippen molar-refractivity contribution in [3.05, 3.63) is 34.5 Å². The largest absolute Gasteiger partial charge is 0.480 e. The minimum atomic E-state index is -0.0248. The van der Waals surface area contributed by atoms with Crippen LogP contribution in [0.5, 0.6) is 5.88 Å². The van der Waals surface area contributed by atoms with Gasteiger partial charge in [-0.3, -0.25) is 0 Å². The average molecular weight is 441 g/mol. The summed E-state index contributed by atoms with van der Waals surface area (Å²) in [6, 6.07) is 4.02. The second kappa shape index (κ2) is 7.99. The van der Waals surface area contributed by atoms with Gasteiger partial charge in [-0.1, -0.05) is 30.3 Å². The molecule has 0 bridgehead atoms. The Morgan fingerprint density at radius 2 is 2.23 bits per heavy atom. The third kappa shape index (κ3) is 3.48. The molecular formula is C20H24N8O2S. The van der Waals surface area contributed by atoms with Gasteiger partial charge in [0.25, 0.3) is 0 Å². The Balaban J connectivity index is 1.46. The zero-order valence-electron chi connectivity index (χ0n) is 17.7. The normalized spacial score (nSPS) is 23.2. The van der Waals surface area contributed by atoms with Gasteiger partial charge < -0.3 is 14.4 Å². The number of rotatable bonds is 5. The molecule has 5 heterocycles. The summed E-state index contributed by atoms with van der Waals surface area (Å²) in [6.07, 6.45) is 2.64. The highest BCUT2D eigenvalue weighted by molar-refractivity contribution is 7.20. The SMILES string of the molecule is COc1nc(C(C)C)ccc1-c1cnc2sc(N3C[C@H]4[C@H](N=[N+]=[N-])CCO[C@@H]4C3)nn12. The third-order valence-electron chi connectivity index (χ3n) is 6.04. The fourth-order valence-corrected chi connectivity index (χ4v) is 5.28. The number of fused-ring (bicyclic) bond motifs is 2. The third-order valence-corrected chi connectivity index (χ3v) is 7.02. The topological polar surface area (TPSA) is 114 Å². The molecule has 3 aromatic rings. The molecule has 0 N–H and O–H groups in total. The first-order chi connectivity index (χ1) is 15.1. The van der Waals surface area contributed by atoms with E-state index in [-0.39, 0.29) is 18.1 Å². The van der Waals surface area contributed by atoms with Gasteiger partial charge >= 0.3 is 0 Å². The van der Waals surface area contributed by atoms with Gasteiger partial charge in [0.05, 0.1) is 30.7 Å². The highest BCUT2D eigenvalue weighted by atomic mass is 32.1. The molecule has 0 unspecified atom stereocenters. The number of ether oxygens (including phenoxy) is 2. The molecule has 11 heteroatoms. The van der Waals surface area contributed by atoms with Crippen molar-refractivity contribution in [2.75, 3.05) is 31.7 Å². The minimum Gasteiger partial charge on any atom is -0.480 e. The van der Waals surface area contributed by atoms with Gasteiger partial charge in [0.2, 0.25) is 16.0 Å². The molecule has 10 nitrogen and oxygen atoms in total. The van der Waals surface area contributed by atoms with Crippen LogP contribution < -0.4 is 9.64 Å². The number of anilines is 1. The monoisotopic (exact) mass is 440 g/mol.